The monoisotopic (exact) mass is 728 g/mol. The zero-order chi connectivity index (χ0) is 37.0. The third-order valence-corrected chi connectivity index (χ3v) is 10.6. The van der Waals surface area contributed by atoms with Gasteiger partial charge in [0, 0.05) is 37.0 Å². The lowest BCUT2D eigenvalue weighted by atomic mass is 10.00. The molecule has 52 heavy (non-hydrogen) atoms. The van der Waals surface area contributed by atoms with Crippen molar-refractivity contribution >= 4 is 41.7 Å². The minimum Gasteiger partial charge on any atom is -0.448 e. The average molecular weight is 729 g/mol. The van der Waals surface area contributed by atoms with E-state index < -0.39 is 47.2 Å². The van der Waals surface area contributed by atoms with Crippen molar-refractivity contribution in [2.24, 2.45) is 0 Å². The van der Waals surface area contributed by atoms with Crippen LogP contribution < -0.4 is 5.32 Å². The number of rotatable bonds is 9. The van der Waals surface area contributed by atoms with E-state index >= 15 is 0 Å². The standard InChI is InChI=1S/C39H44N4O8S/c1-5-22-49-38(48)41-19-17-29(18-20-41)42-21-16-27(33(42)44)23-28-24-52-35-30(40-37(47)51-39(2,3)4)34(45)43(35)31(28)36(46)50-32(25-12-8-6-9-13-25)26-14-10-7-11-15-26/h5-15,23,29-30,32,35H,1,16-22,24H2,2-4H3,(H,40,47)/t30-,35-/m1/s1. The fraction of sp³-hybridized carbons (Fsp3) is 0.410. The summed E-state index contributed by atoms with van der Waals surface area (Å²) in [5.74, 6) is -1.02. The van der Waals surface area contributed by atoms with Crippen LogP contribution in [0.25, 0.3) is 0 Å². The van der Waals surface area contributed by atoms with Gasteiger partial charge in [-0.2, -0.15) is 0 Å². The van der Waals surface area contributed by atoms with Crippen LogP contribution in [-0.4, -0.2) is 99.7 Å². The summed E-state index contributed by atoms with van der Waals surface area (Å²) in [7, 11) is 0. The van der Waals surface area contributed by atoms with Crippen molar-refractivity contribution in [3.8, 4) is 0 Å². The molecule has 0 radical (unpaired) electrons. The van der Waals surface area contributed by atoms with Gasteiger partial charge in [-0.05, 0) is 62.8 Å². The van der Waals surface area contributed by atoms with Crippen LogP contribution in [0.15, 0.2) is 96.2 Å². The first-order valence-corrected chi connectivity index (χ1v) is 18.5. The molecule has 4 aliphatic rings. The molecule has 2 aromatic carbocycles. The van der Waals surface area contributed by atoms with Gasteiger partial charge < -0.3 is 29.3 Å². The van der Waals surface area contributed by atoms with Gasteiger partial charge in [0.2, 0.25) is 5.91 Å². The molecule has 0 aliphatic carbocycles. The first kappa shape index (κ1) is 36.7. The van der Waals surface area contributed by atoms with Crippen LogP contribution in [0.2, 0.25) is 0 Å². The Morgan fingerprint density at radius 1 is 0.981 bits per heavy atom. The third-order valence-electron chi connectivity index (χ3n) is 9.29. The summed E-state index contributed by atoms with van der Waals surface area (Å²) < 4.78 is 16.8. The van der Waals surface area contributed by atoms with E-state index in [1.165, 1.54) is 22.7 Å². The number of ether oxygens (including phenoxy) is 3. The second kappa shape index (κ2) is 15.7. The third kappa shape index (κ3) is 8.04. The molecule has 2 aromatic rings. The lowest BCUT2D eigenvalue weighted by Crippen LogP contribution is -2.70. The Hall–Kier alpha value is -5.04. The van der Waals surface area contributed by atoms with Crippen LogP contribution in [0, 0.1) is 0 Å². The number of nitrogens with zero attached hydrogens (tertiary/aromatic N) is 3. The number of esters is 1. The van der Waals surface area contributed by atoms with Crippen LogP contribution in [-0.2, 0) is 28.6 Å². The van der Waals surface area contributed by atoms with E-state index in [1.807, 2.05) is 65.6 Å². The molecule has 0 aromatic heterocycles. The lowest BCUT2D eigenvalue weighted by Gasteiger charge is -2.49. The Morgan fingerprint density at radius 3 is 2.21 bits per heavy atom. The number of β-lactam (4-membered cyclic amide) rings is 1. The summed E-state index contributed by atoms with van der Waals surface area (Å²) in [6, 6.07) is 17.8. The van der Waals surface area contributed by atoms with Crippen LogP contribution in [0.1, 0.15) is 57.3 Å². The summed E-state index contributed by atoms with van der Waals surface area (Å²) in [4.78, 5) is 71.7. The fourth-order valence-corrected chi connectivity index (χ4v) is 8.14. The summed E-state index contributed by atoms with van der Waals surface area (Å²) in [6.07, 6.45) is 3.08. The number of carbonyl (C=O) groups excluding carboxylic acids is 5. The Labute approximate surface area is 307 Å². The molecule has 274 valence electrons. The number of likely N-dealkylation sites (tertiary alicyclic amines) is 2. The molecule has 3 saturated heterocycles. The van der Waals surface area contributed by atoms with Crippen LogP contribution in [0.5, 0.6) is 0 Å². The van der Waals surface area contributed by atoms with Gasteiger partial charge in [0.15, 0.2) is 6.10 Å². The van der Waals surface area contributed by atoms with E-state index in [4.69, 9.17) is 14.2 Å². The summed E-state index contributed by atoms with van der Waals surface area (Å²) in [5.41, 5.74) is 1.84. The Balaban J connectivity index is 1.26. The number of amides is 4. The molecule has 4 heterocycles. The first-order chi connectivity index (χ1) is 24.9. The van der Waals surface area contributed by atoms with E-state index in [0.717, 1.165) is 11.1 Å². The highest BCUT2D eigenvalue weighted by Gasteiger charge is 2.55. The van der Waals surface area contributed by atoms with Gasteiger partial charge in [-0.15, -0.1) is 11.8 Å². The predicted molar refractivity (Wildman–Crippen MR) is 195 cm³/mol. The molecule has 0 spiro atoms. The van der Waals surface area contributed by atoms with Gasteiger partial charge in [-0.25, -0.2) is 14.4 Å². The molecule has 3 fully saturated rings. The minimum absolute atomic E-state index is 0.0421. The Bertz CT molecular complexity index is 1730. The van der Waals surface area contributed by atoms with E-state index in [9.17, 15) is 24.0 Å². The molecule has 0 saturated carbocycles. The lowest BCUT2D eigenvalue weighted by molar-refractivity contribution is -0.153. The Morgan fingerprint density at radius 2 is 1.62 bits per heavy atom. The quantitative estimate of drug-likeness (QED) is 0.120. The van der Waals surface area contributed by atoms with Crippen LogP contribution in [0.4, 0.5) is 9.59 Å². The van der Waals surface area contributed by atoms with E-state index in [1.54, 1.807) is 31.7 Å². The average Bonchev–Trinajstić information content (AvgIpc) is 3.50. The van der Waals surface area contributed by atoms with Crippen molar-refractivity contribution in [2.45, 2.75) is 69.2 Å². The zero-order valence-corrected chi connectivity index (χ0v) is 30.4. The zero-order valence-electron chi connectivity index (χ0n) is 29.6. The van der Waals surface area contributed by atoms with Crippen molar-refractivity contribution in [3.63, 3.8) is 0 Å². The van der Waals surface area contributed by atoms with E-state index in [0.29, 0.717) is 55.8 Å². The van der Waals surface area contributed by atoms with E-state index in [2.05, 4.69) is 11.9 Å². The number of fused-ring (bicyclic) bond motifs is 1. The topological polar surface area (TPSA) is 135 Å². The molecule has 0 unspecified atom stereocenters. The van der Waals surface area contributed by atoms with Crippen molar-refractivity contribution in [3.05, 3.63) is 107 Å². The molecule has 4 amide bonds. The molecule has 1 N–H and O–H groups in total. The maximum absolute atomic E-state index is 14.4. The first-order valence-electron chi connectivity index (χ1n) is 17.5. The number of thioether (sulfide) groups is 1. The number of piperidine rings is 1. The molecule has 4 aliphatic heterocycles. The van der Waals surface area contributed by atoms with Gasteiger partial charge in [-0.1, -0.05) is 73.3 Å². The number of hydrogen-bond donors (Lipinski definition) is 1. The highest BCUT2D eigenvalue weighted by molar-refractivity contribution is 8.00. The van der Waals surface area contributed by atoms with Crippen LogP contribution >= 0.6 is 11.8 Å². The Kier molecular flexibility index (Phi) is 11.1. The van der Waals surface area contributed by atoms with Crippen molar-refractivity contribution in [1.82, 2.24) is 20.0 Å². The summed E-state index contributed by atoms with van der Waals surface area (Å²) in [5, 5.41) is 2.10. The molecular weight excluding hydrogens is 685 g/mol. The summed E-state index contributed by atoms with van der Waals surface area (Å²) in [6.45, 7) is 10.4. The molecule has 0 bridgehead atoms. The summed E-state index contributed by atoms with van der Waals surface area (Å²) >= 11 is 1.39. The number of hydrogen-bond acceptors (Lipinski definition) is 9. The molecule has 2 atom stereocenters. The number of benzene rings is 2. The second-order valence-electron chi connectivity index (χ2n) is 14.0. The van der Waals surface area contributed by atoms with E-state index in [-0.39, 0.29) is 24.3 Å². The van der Waals surface area contributed by atoms with Gasteiger partial charge in [-0.3, -0.25) is 14.5 Å². The molecule has 13 heteroatoms. The van der Waals surface area contributed by atoms with Crippen LogP contribution in [0.3, 0.4) is 0 Å². The molecule has 12 nitrogen and oxygen atoms in total. The van der Waals surface area contributed by atoms with Gasteiger partial charge in [0.05, 0.1) is 0 Å². The highest BCUT2D eigenvalue weighted by Crippen LogP contribution is 2.43. The number of alkyl carbamates (subject to hydrolysis) is 1. The maximum atomic E-state index is 14.4. The second-order valence-corrected chi connectivity index (χ2v) is 15.1. The molecular formula is C39H44N4O8S. The van der Waals surface area contributed by atoms with Gasteiger partial charge >= 0.3 is 18.2 Å². The largest absolute Gasteiger partial charge is 0.448 e. The van der Waals surface area contributed by atoms with Gasteiger partial charge in [0.1, 0.15) is 29.3 Å². The fourth-order valence-electron chi connectivity index (χ4n) is 6.83. The number of carbonyl (C=O) groups is 5. The highest BCUT2D eigenvalue weighted by atomic mass is 32.2. The predicted octanol–water partition coefficient (Wildman–Crippen LogP) is 5.33. The minimum atomic E-state index is -0.903. The maximum Gasteiger partial charge on any atom is 0.410 e. The van der Waals surface area contributed by atoms with Crippen molar-refractivity contribution < 1.29 is 38.2 Å². The van der Waals surface area contributed by atoms with Crippen molar-refractivity contribution in [2.75, 3.05) is 32.0 Å². The SMILES string of the molecule is C=CCOC(=O)N1CCC(N2CCC(=CC3=C(C(=O)OC(c4ccccc4)c4ccccc4)N4C(=O)[C@@H](NC(=O)OC(C)(C)C)[C@H]4SC3)C2=O)CC1. The normalized spacial score (nSPS) is 21.5. The van der Waals surface area contributed by atoms with Crippen molar-refractivity contribution in [1.29, 1.82) is 0 Å². The smallest absolute Gasteiger partial charge is 0.410 e. The van der Waals surface area contributed by atoms with Gasteiger partial charge in [0.25, 0.3) is 5.91 Å². The number of nitrogens with one attached hydrogen (secondary N) is 1. The molecule has 6 rings (SSSR count). The number of allylic oxidation sites excluding steroid dienone is 1.